The van der Waals surface area contributed by atoms with Crippen molar-refractivity contribution in [3.05, 3.63) is 53.1 Å². The normalized spacial score (nSPS) is 22.4. The summed E-state index contributed by atoms with van der Waals surface area (Å²) in [5.41, 5.74) is 5.01. The molecule has 0 amide bonds. The fourth-order valence-electron chi connectivity index (χ4n) is 5.17. The highest BCUT2D eigenvalue weighted by molar-refractivity contribution is 7.80. The van der Waals surface area contributed by atoms with Gasteiger partial charge in [0.25, 0.3) is 0 Å². The van der Waals surface area contributed by atoms with Gasteiger partial charge in [-0.15, -0.1) is 0 Å². The number of hydrogen-bond acceptors (Lipinski definition) is 4. The molecule has 2 atom stereocenters. The van der Waals surface area contributed by atoms with Crippen molar-refractivity contribution >= 4 is 17.3 Å². The number of nitrogens with zero attached hydrogens (tertiary/aromatic N) is 4. The van der Waals surface area contributed by atoms with Crippen molar-refractivity contribution in [1.29, 1.82) is 0 Å². The predicted octanol–water partition coefficient (Wildman–Crippen LogP) is 3.78. The average Bonchev–Trinajstić information content (AvgIpc) is 3.25. The van der Waals surface area contributed by atoms with Gasteiger partial charge in [0.1, 0.15) is 0 Å². The highest BCUT2D eigenvalue weighted by atomic mass is 32.1. The number of rotatable bonds is 7. The molecule has 0 aromatic carbocycles. The van der Waals surface area contributed by atoms with Gasteiger partial charge in [0.15, 0.2) is 5.11 Å². The zero-order valence-electron chi connectivity index (χ0n) is 19.2. The van der Waals surface area contributed by atoms with Crippen molar-refractivity contribution in [2.24, 2.45) is 0 Å². The molecule has 4 heterocycles. The van der Waals surface area contributed by atoms with Gasteiger partial charge in [-0.25, -0.2) is 0 Å². The van der Waals surface area contributed by atoms with Crippen LogP contribution in [0.4, 0.5) is 0 Å². The number of hydrogen-bond donors (Lipinski definition) is 1. The van der Waals surface area contributed by atoms with Crippen LogP contribution >= 0.6 is 12.2 Å². The summed E-state index contributed by atoms with van der Waals surface area (Å²) in [5, 5.41) is 4.42. The highest BCUT2D eigenvalue weighted by Crippen LogP contribution is 2.41. The van der Waals surface area contributed by atoms with Crippen molar-refractivity contribution in [1.82, 2.24) is 24.7 Å². The zero-order chi connectivity index (χ0) is 22.0. The maximum atomic E-state index is 5.85. The first-order valence-electron chi connectivity index (χ1n) is 11.4. The largest absolute Gasteiger partial charge is 0.379 e. The lowest BCUT2D eigenvalue weighted by atomic mass is 9.96. The van der Waals surface area contributed by atoms with E-state index in [2.05, 4.69) is 70.6 Å². The van der Waals surface area contributed by atoms with Gasteiger partial charge in [-0.05, 0) is 70.1 Å². The van der Waals surface area contributed by atoms with E-state index in [9.17, 15) is 0 Å². The lowest BCUT2D eigenvalue weighted by Crippen LogP contribution is -2.39. The van der Waals surface area contributed by atoms with E-state index in [1.54, 1.807) is 0 Å². The van der Waals surface area contributed by atoms with Gasteiger partial charge in [-0.2, -0.15) is 0 Å². The molecule has 2 aliphatic rings. The van der Waals surface area contributed by atoms with Gasteiger partial charge in [0, 0.05) is 49.8 Å². The maximum absolute atomic E-state index is 5.85. The third kappa shape index (κ3) is 4.64. The Morgan fingerprint density at radius 2 is 1.97 bits per heavy atom. The molecule has 0 spiro atoms. The monoisotopic (exact) mass is 441 g/mol. The van der Waals surface area contributed by atoms with E-state index in [4.69, 9.17) is 17.0 Å². The molecule has 2 fully saturated rings. The third-order valence-electron chi connectivity index (χ3n) is 6.53. The van der Waals surface area contributed by atoms with E-state index in [-0.39, 0.29) is 12.1 Å². The summed E-state index contributed by atoms with van der Waals surface area (Å²) >= 11 is 5.85. The average molecular weight is 442 g/mol. The summed E-state index contributed by atoms with van der Waals surface area (Å²) in [6.07, 6.45) is 2.95. The van der Waals surface area contributed by atoms with E-state index in [1.807, 2.05) is 12.3 Å². The Balaban J connectivity index is 1.61. The molecular weight excluding hydrogens is 406 g/mol. The van der Waals surface area contributed by atoms with Crippen molar-refractivity contribution < 1.29 is 4.74 Å². The minimum absolute atomic E-state index is 0.0539. The third-order valence-corrected chi connectivity index (χ3v) is 6.89. The lowest BCUT2D eigenvalue weighted by Gasteiger charge is -2.30. The number of aromatic nitrogens is 2. The number of thiocarbonyl (C=S) groups is 1. The van der Waals surface area contributed by atoms with E-state index >= 15 is 0 Å². The molecule has 0 radical (unpaired) electrons. The van der Waals surface area contributed by atoms with Crippen LogP contribution in [-0.4, -0.2) is 63.9 Å². The van der Waals surface area contributed by atoms with Crippen LogP contribution in [0.2, 0.25) is 0 Å². The minimum atomic E-state index is 0.0539. The molecule has 168 valence electrons. The fourth-order valence-corrected chi connectivity index (χ4v) is 5.50. The molecule has 31 heavy (non-hydrogen) atoms. The minimum Gasteiger partial charge on any atom is -0.379 e. The van der Waals surface area contributed by atoms with Crippen LogP contribution in [0.5, 0.6) is 0 Å². The van der Waals surface area contributed by atoms with E-state index < -0.39 is 0 Å². The standard InChI is InChI=1S/C24H35N5OS/c1-17(2)29-18(3)16-20(19(29)4)23-22(21-8-5-6-9-25-21)26-24(31)28(23)11-7-10-27-12-14-30-15-13-27/h5-6,8-9,16-17,22-23H,7,10-15H2,1-4H3,(H,26,31)/t22-,23+/m0/s1. The number of morpholine rings is 1. The highest BCUT2D eigenvalue weighted by Gasteiger charge is 2.41. The molecule has 0 unspecified atom stereocenters. The van der Waals surface area contributed by atoms with Crippen LogP contribution in [0.3, 0.4) is 0 Å². The van der Waals surface area contributed by atoms with E-state index in [0.717, 1.165) is 56.6 Å². The Kier molecular flexibility index (Phi) is 6.94. The topological polar surface area (TPSA) is 45.6 Å². The van der Waals surface area contributed by atoms with Crippen LogP contribution in [0.1, 0.15) is 61.0 Å². The smallest absolute Gasteiger partial charge is 0.170 e. The van der Waals surface area contributed by atoms with Crippen molar-refractivity contribution in [2.75, 3.05) is 39.4 Å². The number of nitrogens with one attached hydrogen (secondary N) is 1. The second kappa shape index (κ2) is 9.67. The summed E-state index contributed by atoms with van der Waals surface area (Å²) < 4.78 is 7.92. The van der Waals surface area contributed by atoms with Gasteiger partial charge in [0.2, 0.25) is 0 Å². The molecule has 2 aliphatic heterocycles. The Morgan fingerprint density at radius 3 is 2.61 bits per heavy atom. The van der Waals surface area contributed by atoms with Gasteiger partial charge in [-0.3, -0.25) is 9.88 Å². The second-order valence-electron chi connectivity index (χ2n) is 8.92. The molecule has 0 saturated carbocycles. The zero-order valence-corrected chi connectivity index (χ0v) is 20.0. The van der Waals surface area contributed by atoms with Crippen LogP contribution < -0.4 is 5.32 Å². The molecule has 0 aliphatic carbocycles. The number of aryl methyl sites for hydroxylation is 1. The summed E-state index contributed by atoms with van der Waals surface area (Å²) in [4.78, 5) is 9.56. The molecule has 7 heteroatoms. The van der Waals surface area contributed by atoms with E-state index in [1.165, 1.54) is 17.0 Å². The lowest BCUT2D eigenvalue weighted by molar-refractivity contribution is 0.0365. The summed E-state index contributed by atoms with van der Waals surface area (Å²) in [5.74, 6) is 0. The Hall–Kier alpha value is -1.96. The molecule has 2 aromatic heterocycles. The first-order chi connectivity index (χ1) is 15.0. The van der Waals surface area contributed by atoms with Crippen molar-refractivity contribution in [3.63, 3.8) is 0 Å². The van der Waals surface area contributed by atoms with Crippen LogP contribution in [0.15, 0.2) is 30.5 Å². The number of pyridine rings is 1. The van der Waals surface area contributed by atoms with Crippen molar-refractivity contribution in [3.8, 4) is 0 Å². The molecule has 1 N–H and O–H groups in total. The summed E-state index contributed by atoms with van der Waals surface area (Å²) in [6.45, 7) is 14.7. The summed E-state index contributed by atoms with van der Waals surface area (Å²) in [7, 11) is 0. The van der Waals surface area contributed by atoms with Crippen LogP contribution in [0.25, 0.3) is 0 Å². The first kappa shape index (κ1) is 22.2. The molecule has 2 aromatic rings. The maximum Gasteiger partial charge on any atom is 0.170 e. The molecule has 6 nitrogen and oxygen atoms in total. The Labute approximate surface area is 191 Å². The first-order valence-corrected chi connectivity index (χ1v) is 11.8. The SMILES string of the molecule is Cc1cc([C@@H]2[C@H](c3ccccn3)NC(=S)N2CCCN2CCOCC2)c(C)n1C(C)C. The second-order valence-corrected chi connectivity index (χ2v) is 9.30. The van der Waals surface area contributed by atoms with Gasteiger partial charge >= 0.3 is 0 Å². The quantitative estimate of drug-likeness (QED) is 0.660. The van der Waals surface area contributed by atoms with Crippen molar-refractivity contribution in [2.45, 2.75) is 52.2 Å². The van der Waals surface area contributed by atoms with Crippen LogP contribution in [0, 0.1) is 13.8 Å². The Bertz CT molecular complexity index is 891. The van der Waals surface area contributed by atoms with Gasteiger partial charge in [0.05, 0.1) is 31.0 Å². The van der Waals surface area contributed by atoms with E-state index in [0.29, 0.717) is 6.04 Å². The number of ether oxygens (including phenoxy) is 1. The van der Waals surface area contributed by atoms with Crippen LogP contribution in [-0.2, 0) is 4.74 Å². The van der Waals surface area contributed by atoms with Gasteiger partial charge in [-0.1, -0.05) is 6.07 Å². The fraction of sp³-hybridized carbons (Fsp3) is 0.583. The predicted molar refractivity (Wildman–Crippen MR) is 128 cm³/mol. The summed E-state index contributed by atoms with van der Waals surface area (Å²) in [6, 6.07) is 9.10. The molecule has 0 bridgehead atoms. The molecule has 2 saturated heterocycles. The Morgan fingerprint density at radius 1 is 1.19 bits per heavy atom. The molecule has 4 rings (SSSR count). The van der Waals surface area contributed by atoms with Gasteiger partial charge < -0.3 is 19.5 Å². The molecular formula is C24H35N5OS.